The van der Waals surface area contributed by atoms with E-state index in [9.17, 15) is 9.59 Å². The van der Waals surface area contributed by atoms with Gasteiger partial charge in [0, 0.05) is 18.0 Å². The van der Waals surface area contributed by atoms with E-state index in [0.29, 0.717) is 12.4 Å². The molecule has 168 valence electrons. The molecule has 2 amide bonds. The number of aromatic nitrogens is 2. The second kappa shape index (κ2) is 9.81. The fourth-order valence-electron chi connectivity index (χ4n) is 3.41. The van der Waals surface area contributed by atoms with Gasteiger partial charge in [-0.25, -0.2) is 4.68 Å². The van der Waals surface area contributed by atoms with E-state index in [0.717, 1.165) is 22.5 Å². The van der Waals surface area contributed by atoms with Gasteiger partial charge in [-0.3, -0.25) is 9.59 Å². The summed E-state index contributed by atoms with van der Waals surface area (Å²) in [5, 5.41) is 7.73. The van der Waals surface area contributed by atoms with E-state index in [2.05, 4.69) is 26.1 Å². The van der Waals surface area contributed by atoms with E-state index in [1.54, 1.807) is 9.58 Å². The highest BCUT2D eigenvalue weighted by molar-refractivity contribution is 5.94. The Hall–Kier alpha value is -3.41. The van der Waals surface area contributed by atoms with Gasteiger partial charge < -0.3 is 10.2 Å². The Morgan fingerprint density at radius 2 is 1.75 bits per heavy atom. The number of nitrogens with one attached hydrogen (secondary N) is 1. The van der Waals surface area contributed by atoms with E-state index in [-0.39, 0.29) is 30.2 Å². The van der Waals surface area contributed by atoms with Gasteiger partial charge in [0.15, 0.2) is 0 Å². The molecule has 1 aromatic heterocycles. The molecule has 0 saturated heterocycles. The predicted molar refractivity (Wildman–Crippen MR) is 128 cm³/mol. The highest BCUT2D eigenvalue weighted by Crippen LogP contribution is 2.26. The molecule has 0 aliphatic rings. The lowest BCUT2D eigenvalue weighted by molar-refractivity contribution is -0.133. The van der Waals surface area contributed by atoms with Crippen LogP contribution in [0.5, 0.6) is 0 Å². The number of anilines is 1. The van der Waals surface area contributed by atoms with Crippen LogP contribution in [0.4, 0.5) is 5.82 Å². The van der Waals surface area contributed by atoms with Crippen molar-refractivity contribution in [2.24, 2.45) is 0 Å². The third-order valence-corrected chi connectivity index (χ3v) is 5.26. The Labute approximate surface area is 190 Å². The standard InChI is InChI=1S/C26H32N4O2/c1-6-29(25(32)16-20-12-8-7-9-13-20)18-24(31)27-23-17-22(26(3,4)5)28-30(23)21-14-10-11-19(2)15-21/h7-15,17H,6,16,18H2,1-5H3,(H,27,31). The smallest absolute Gasteiger partial charge is 0.245 e. The quantitative estimate of drug-likeness (QED) is 0.597. The van der Waals surface area contributed by atoms with Crippen molar-refractivity contribution >= 4 is 17.6 Å². The second-order valence-corrected chi connectivity index (χ2v) is 9.03. The molecule has 0 atom stereocenters. The third-order valence-electron chi connectivity index (χ3n) is 5.26. The second-order valence-electron chi connectivity index (χ2n) is 9.03. The minimum atomic E-state index is -0.248. The molecule has 1 heterocycles. The van der Waals surface area contributed by atoms with Crippen LogP contribution in [-0.2, 0) is 21.4 Å². The van der Waals surface area contributed by atoms with Crippen molar-refractivity contribution in [3.8, 4) is 5.69 Å². The number of nitrogens with zero attached hydrogens (tertiary/aromatic N) is 3. The molecule has 1 N–H and O–H groups in total. The van der Waals surface area contributed by atoms with Crippen molar-refractivity contribution in [1.29, 1.82) is 0 Å². The summed E-state index contributed by atoms with van der Waals surface area (Å²) < 4.78 is 1.76. The van der Waals surface area contributed by atoms with Crippen molar-refractivity contribution in [3.63, 3.8) is 0 Å². The van der Waals surface area contributed by atoms with Crippen LogP contribution in [0.2, 0.25) is 0 Å². The maximum Gasteiger partial charge on any atom is 0.245 e. The van der Waals surface area contributed by atoms with Gasteiger partial charge in [0.2, 0.25) is 11.8 Å². The zero-order chi connectivity index (χ0) is 23.3. The summed E-state index contributed by atoms with van der Waals surface area (Å²) in [5.41, 5.74) is 3.63. The number of likely N-dealkylation sites (N-methyl/N-ethyl adjacent to an activating group) is 1. The first-order chi connectivity index (χ1) is 15.2. The number of aryl methyl sites for hydroxylation is 1. The molecule has 0 saturated carbocycles. The Morgan fingerprint density at radius 1 is 1.03 bits per heavy atom. The van der Waals surface area contributed by atoms with E-state index >= 15 is 0 Å². The van der Waals surface area contributed by atoms with Gasteiger partial charge in [0.05, 0.1) is 24.3 Å². The molecule has 0 unspecified atom stereocenters. The van der Waals surface area contributed by atoms with Crippen molar-refractivity contribution in [2.45, 2.75) is 46.5 Å². The number of hydrogen-bond donors (Lipinski definition) is 1. The molecule has 0 aliphatic carbocycles. The average Bonchev–Trinajstić information content (AvgIpc) is 3.17. The molecule has 0 radical (unpaired) electrons. The van der Waals surface area contributed by atoms with Gasteiger partial charge >= 0.3 is 0 Å². The van der Waals surface area contributed by atoms with Gasteiger partial charge in [-0.2, -0.15) is 5.10 Å². The molecule has 2 aromatic carbocycles. The molecule has 6 nitrogen and oxygen atoms in total. The van der Waals surface area contributed by atoms with Crippen LogP contribution in [0.1, 0.15) is 44.5 Å². The minimum absolute atomic E-state index is 0.00792. The van der Waals surface area contributed by atoms with Gasteiger partial charge in [0.1, 0.15) is 5.82 Å². The molecule has 32 heavy (non-hydrogen) atoms. The van der Waals surface area contributed by atoms with E-state index in [4.69, 9.17) is 5.10 Å². The lowest BCUT2D eigenvalue weighted by Gasteiger charge is -2.20. The van der Waals surface area contributed by atoms with Gasteiger partial charge in [-0.1, -0.05) is 63.2 Å². The molecule has 0 spiro atoms. The van der Waals surface area contributed by atoms with E-state index < -0.39 is 0 Å². The lowest BCUT2D eigenvalue weighted by Crippen LogP contribution is -2.38. The summed E-state index contributed by atoms with van der Waals surface area (Å²) in [6.45, 7) is 10.6. The summed E-state index contributed by atoms with van der Waals surface area (Å²) in [6, 6.07) is 19.4. The largest absolute Gasteiger partial charge is 0.333 e. The number of benzene rings is 2. The van der Waals surface area contributed by atoms with E-state index in [1.165, 1.54) is 0 Å². The van der Waals surface area contributed by atoms with Crippen molar-refractivity contribution in [1.82, 2.24) is 14.7 Å². The Morgan fingerprint density at radius 3 is 2.38 bits per heavy atom. The highest BCUT2D eigenvalue weighted by atomic mass is 16.2. The van der Waals surface area contributed by atoms with Crippen LogP contribution < -0.4 is 5.32 Å². The molecular weight excluding hydrogens is 400 g/mol. The Bertz CT molecular complexity index is 1080. The maximum atomic E-state index is 12.9. The number of rotatable bonds is 7. The fourth-order valence-corrected chi connectivity index (χ4v) is 3.41. The summed E-state index contributed by atoms with van der Waals surface area (Å²) in [7, 11) is 0. The Balaban J connectivity index is 1.78. The van der Waals surface area contributed by atoms with Crippen molar-refractivity contribution < 1.29 is 9.59 Å². The van der Waals surface area contributed by atoms with Crippen LogP contribution in [0.25, 0.3) is 5.69 Å². The zero-order valence-corrected chi connectivity index (χ0v) is 19.6. The number of carbonyl (C=O) groups excluding carboxylic acids is 2. The molecular formula is C26H32N4O2. The molecule has 0 bridgehead atoms. The SMILES string of the molecule is CCN(CC(=O)Nc1cc(C(C)(C)C)nn1-c1cccc(C)c1)C(=O)Cc1ccccc1. The van der Waals surface area contributed by atoms with Crippen LogP contribution in [0.3, 0.4) is 0 Å². The monoisotopic (exact) mass is 432 g/mol. The van der Waals surface area contributed by atoms with Gasteiger partial charge in [-0.15, -0.1) is 0 Å². The average molecular weight is 433 g/mol. The summed E-state index contributed by atoms with van der Waals surface area (Å²) in [5.74, 6) is 0.274. The molecule has 6 heteroatoms. The molecule has 3 rings (SSSR count). The van der Waals surface area contributed by atoms with Gasteiger partial charge in [0.25, 0.3) is 0 Å². The normalized spacial score (nSPS) is 11.3. The maximum absolute atomic E-state index is 12.9. The number of carbonyl (C=O) groups is 2. The molecule has 0 fully saturated rings. The summed E-state index contributed by atoms with van der Waals surface area (Å²) in [4.78, 5) is 27.2. The molecule has 0 aliphatic heterocycles. The van der Waals surface area contributed by atoms with Crippen molar-refractivity contribution in [3.05, 3.63) is 77.5 Å². The van der Waals surface area contributed by atoms with Crippen LogP contribution in [0, 0.1) is 6.92 Å². The first-order valence-corrected chi connectivity index (χ1v) is 11.0. The lowest BCUT2D eigenvalue weighted by atomic mass is 9.92. The number of hydrogen-bond acceptors (Lipinski definition) is 3. The van der Waals surface area contributed by atoms with Gasteiger partial charge in [-0.05, 0) is 37.1 Å². The minimum Gasteiger partial charge on any atom is -0.333 e. The summed E-state index contributed by atoms with van der Waals surface area (Å²) >= 11 is 0. The number of amides is 2. The third kappa shape index (κ3) is 5.84. The van der Waals surface area contributed by atoms with E-state index in [1.807, 2.05) is 74.5 Å². The molecule has 3 aromatic rings. The van der Waals surface area contributed by atoms with Crippen molar-refractivity contribution in [2.75, 3.05) is 18.4 Å². The van der Waals surface area contributed by atoms with Crippen LogP contribution >= 0.6 is 0 Å². The predicted octanol–water partition coefficient (Wildman–Crippen LogP) is 4.51. The highest BCUT2D eigenvalue weighted by Gasteiger charge is 2.23. The van der Waals surface area contributed by atoms with Crippen LogP contribution in [0.15, 0.2) is 60.7 Å². The fraction of sp³-hybridized carbons (Fsp3) is 0.346. The van der Waals surface area contributed by atoms with Crippen LogP contribution in [-0.4, -0.2) is 39.6 Å². The Kier molecular flexibility index (Phi) is 7.13. The first kappa shape index (κ1) is 23.3. The summed E-state index contributed by atoms with van der Waals surface area (Å²) in [6.07, 6.45) is 0.275. The zero-order valence-electron chi connectivity index (χ0n) is 19.6. The topological polar surface area (TPSA) is 67.2 Å². The first-order valence-electron chi connectivity index (χ1n) is 11.0.